The fraction of sp³-hybridized carbons (Fsp3) is 0.625. The Morgan fingerprint density at radius 1 is 1.30 bits per heavy atom. The van der Waals surface area contributed by atoms with Crippen LogP contribution < -0.4 is 10.1 Å². The molecule has 1 N–H and O–H groups in total. The number of benzene rings is 1. The van der Waals surface area contributed by atoms with Gasteiger partial charge in [0.1, 0.15) is 12.4 Å². The van der Waals surface area contributed by atoms with Crippen LogP contribution >= 0.6 is 0 Å². The first-order chi connectivity index (χ1) is 9.77. The molecule has 3 nitrogen and oxygen atoms in total. The maximum absolute atomic E-state index is 12.5. The van der Waals surface area contributed by atoms with Crippen molar-refractivity contribution in [1.29, 1.82) is 0 Å². The second-order valence-electron chi connectivity index (χ2n) is 5.26. The van der Waals surface area contributed by atoms with Gasteiger partial charge in [0.25, 0.3) is 0 Å². The summed E-state index contributed by atoms with van der Waals surface area (Å²) in [6.45, 7) is 5.78. The average molecular weight is 295 g/mol. The zero-order valence-electron chi connectivity index (χ0n) is 12.4. The molecule has 20 heavy (non-hydrogen) atoms. The highest BCUT2D eigenvalue weighted by atomic mass is 32.2. The Kier molecular flexibility index (Phi) is 6.05. The van der Waals surface area contributed by atoms with E-state index >= 15 is 0 Å². The monoisotopic (exact) mass is 295 g/mol. The minimum absolute atomic E-state index is 0.0583. The first-order valence-electron chi connectivity index (χ1n) is 7.60. The molecule has 112 valence electrons. The Labute approximate surface area is 124 Å². The fourth-order valence-corrected chi connectivity index (χ4v) is 4.19. The highest BCUT2D eigenvalue weighted by Crippen LogP contribution is 2.34. The lowest BCUT2D eigenvalue weighted by molar-refractivity contribution is 0.258. The molecule has 0 aliphatic carbocycles. The molecule has 1 aromatic rings. The third-order valence-electron chi connectivity index (χ3n) is 3.68. The summed E-state index contributed by atoms with van der Waals surface area (Å²) < 4.78 is 18.3. The van der Waals surface area contributed by atoms with Crippen LogP contribution in [-0.4, -0.2) is 28.4 Å². The first kappa shape index (κ1) is 15.5. The number of nitrogens with one attached hydrogen (secondary N) is 1. The summed E-state index contributed by atoms with van der Waals surface area (Å²) in [6.07, 6.45) is 3.18. The van der Waals surface area contributed by atoms with Gasteiger partial charge in [-0.2, -0.15) is 0 Å². The van der Waals surface area contributed by atoms with Crippen LogP contribution in [0.1, 0.15) is 44.7 Å². The third-order valence-corrected chi connectivity index (χ3v) is 5.45. The van der Waals surface area contributed by atoms with Crippen LogP contribution in [0, 0.1) is 0 Å². The van der Waals surface area contributed by atoms with Crippen LogP contribution in [0.2, 0.25) is 0 Å². The predicted molar refractivity (Wildman–Crippen MR) is 84.7 cm³/mol. The number of hydrogen-bond acceptors (Lipinski definition) is 3. The van der Waals surface area contributed by atoms with Gasteiger partial charge in [0.05, 0.1) is 11.3 Å². The van der Waals surface area contributed by atoms with Gasteiger partial charge in [0.2, 0.25) is 0 Å². The largest absolute Gasteiger partial charge is 0.492 e. The van der Waals surface area contributed by atoms with Gasteiger partial charge in [0, 0.05) is 22.1 Å². The number of unbranched alkanes of at least 4 members (excludes halogenated alkanes) is 1. The lowest BCUT2D eigenvalue weighted by Crippen LogP contribution is -2.42. The lowest BCUT2D eigenvalue weighted by Gasteiger charge is -2.33. The number of fused-ring (bicyclic) bond motifs is 1. The summed E-state index contributed by atoms with van der Waals surface area (Å²) >= 11 is 0. The van der Waals surface area contributed by atoms with Crippen LogP contribution in [0.25, 0.3) is 0 Å². The van der Waals surface area contributed by atoms with Crippen LogP contribution in [0.3, 0.4) is 0 Å². The maximum Gasteiger partial charge on any atom is 0.124 e. The topological polar surface area (TPSA) is 38.3 Å². The van der Waals surface area contributed by atoms with E-state index in [9.17, 15) is 4.21 Å². The Morgan fingerprint density at radius 3 is 2.85 bits per heavy atom. The zero-order chi connectivity index (χ0) is 14.4. The number of para-hydroxylation sites is 1. The molecule has 1 aliphatic rings. The van der Waals surface area contributed by atoms with Crippen molar-refractivity contribution in [2.75, 3.05) is 18.9 Å². The highest BCUT2D eigenvalue weighted by Gasteiger charge is 2.34. The molecule has 2 rings (SSSR count). The summed E-state index contributed by atoms with van der Waals surface area (Å²) in [4.78, 5) is 0. The molecule has 0 bridgehead atoms. The first-order valence-corrected chi connectivity index (χ1v) is 8.98. The van der Waals surface area contributed by atoms with Gasteiger partial charge in [-0.15, -0.1) is 0 Å². The molecule has 0 fully saturated rings. The molecule has 3 unspecified atom stereocenters. The molecule has 3 atom stereocenters. The Balaban J connectivity index is 2.17. The predicted octanol–water partition coefficient (Wildman–Crippen LogP) is 3.04. The number of hydrogen-bond donors (Lipinski definition) is 1. The Bertz CT molecular complexity index is 450. The van der Waals surface area contributed by atoms with E-state index < -0.39 is 10.8 Å². The molecule has 1 aromatic carbocycles. The van der Waals surface area contributed by atoms with Gasteiger partial charge in [-0.1, -0.05) is 38.5 Å². The van der Waals surface area contributed by atoms with E-state index in [1.165, 1.54) is 0 Å². The van der Waals surface area contributed by atoms with Gasteiger partial charge in [0.15, 0.2) is 0 Å². The van der Waals surface area contributed by atoms with Gasteiger partial charge >= 0.3 is 0 Å². The van der Waals surface area contributed by atoms with Crippen LogP contribution in [0.5, 0.6) is 5.75 Å². The van der Waals surface area contributed by atoms with Gasteiger partial charge in [-0.3, -0.25) is 4.21 Å². The van der Waals surface area contributed by atoms with Crippen molar-refractivity contribution in [1.82, 2.24) is 5.32 Å². The van der Waals surface area contributed by atoms with Crippen LogP contribution in [-0.2, 0) is 10.8 Å². The van der Waals surface area contributed by atoms with E-state index in [1.54, 1.807) is 0 Å². The molecule has 4 heteroatoms. The summed E-state index contributed by atoms with van der Waals surface area (Å²) in [5.41, 5.74) is 1.15. The van der Waals surface area contributed by atoms with Crippen molar-refractivity contribution in [3.8, 4) is 5.75 Å². The molecule has 0 amide bonds. The molecule has 1 heterocycles. The maximum atomic E-state index is 12.5. The molecule has 0 saturated carbocycles. The normalized spacial score (nSPS) is 22.9. The summed E-state index contributed by atoms with van der Waals surface area (Å²) in [5, 5.41) is 3.62. The van der Waals surface area contributed by atoms with E-state index in [2.05, 4.69) is 25.2 Å². The van der Waals surface area contributed by atoms with Crippen LogP contribution in [0.15, 0.2) is 24.3 Å². The number of ether oxygens (including phenoxy) is 1. The standard InChI is InChI=1S/C16H25NO2S/c1-3-5-11-20(18)15-12-19-14-9-7-6-8-13(14)16(15)17-10-4-2/h6-9,15-17H,3-5,10-12H2,1-2H3. The molecule has 1 aliphatic heterocycles. The van der Waals surface area contributed by atoms with Gasteiger partial charge in [-0.25, -0.2) is 0 Å². The van der Waals surface area contributed by atoms with Crippen molar-refractivity contribution < 1.29 is 8.95 Å². The van der Waals surface area contributed by atoms with Crippen molar-refractivity contribution in [2.24, 2.45) is 0 Å². The minimum Gasteiger partial charge on any atom is -0.492 e. The summed E-state index contributed by atoms with van der Waals surface area (Å²) in [5.74, 6) is 1.71. The molecule has 0 radical (unpaired) electrons. The van der Waals surface area contributed by atoms with Crippen molar-refractivity contribution in [2.45, 2.75) is 44.4 Å². The third kappa shape index (κ3) is 3.61. The quantitative estimate of drug-likeness (QED) is 0.840. The number of rotatable bonds is 7. The lowest BCUT2D eigenvalue weighted by atomic mass is 10.00. The van der Waals surface area contributed by atoms with E-state index in [-0.39, 0.29) is 11.3 Å². The average Bonchev–Trinajstić information content (AvgIpc) is 2.50. The van der Waals surface area contributed by atoms with E-state index in [4.69, 9.17) is 4.74 Å². The highest BCUT2D eigenvalue weighted by molar-refractivity contribution is 7.85. The van der Waals surface area contributed by atoms with Crippen molar-refractivity contribution in [3.63, 3.8) is 0 Å². The molecule has 0 saturated heterocycles. The van der Waals surface area contributed by atoms with E-state index in [0.29, 0.717) is 6.61 Å². The summed E-state index contributed by atoms with van der Waals surface area (Å²) in [6, 6.07) is 8.26. The van der Waals surface area contributed by atoms with E-state index in [0.717, 1.165) is 42.9 Å². The van der Waals surface area contributed by atoms with Gasteiger partial charge < -0.3 is 10.1 Å². The molecular formula is C16H25NO2S. The summed E-state index contributed by atoms with van der Waals surface area (Å²) in [7, 11) is -0.835. The van der Waals surface area contributed by atoms with Crippen molar-refractivity contribution in [3.05, 3.63) is 29.8 Å². The second kappa shape index (κ2) is 7.79. The molecule has 0 aromatic heterocycles. The smallest absolute Gasteiger partial charge is 0.124 e. The van der Waals surface area contributed by atoms with Gasteiger partial charge in [-0.05, 0) is 25.5 Å². The minimum atomic E-state index is -0.835. The Morgan fingerprint density at radius 2 is 2.10 bits per heavy atom. The second-order valence-corrected chi connectivity index (χ2v) is 7.03. The van der Waals surface area contributed by atoms with Crippen molar-refractivity contribution >= 4 is 10.8 Å². The Hall–Kier alpha value is -0.870. The fourth-order valence-electron chi connectivity index (χ4n) is 2.54. The molecular weight excluding hydrogens is 270 g/mol. The zero-order valence-corrected chi connectivity index (χ0v) is 13.2. The van der Waals surface area contributed by atoms with E-state index in [1.807, 2.05) is 18.2 Å². The molecule has 0 spiro atoms. The SMILES string of the molecule is CCCCS(=O)C1COc2ccccc2C1NCCC. The van der Waals surface area contributed by atoms with Crippen LogP contribution in [0.4, 0.5) is 0 Å².